The van der Waals surface area contributed by atoms with Crippen molar-refractivity contribution in [2.75, 3.05) is 26.2 Å². The van der Waals surface area contributed by atoms with Gasteiger partial charge in [-0.25, -0.2) is 4.79 Å². The van der Waals surface area contributed by atoms with E-state index in [-0.39, 0.29) is 12.3 Å². The zero-order chi connectivity index (χ0) is 17.8. The van der Waals surface area contributed by atoms with Crippen molar-refractivity contribution in [1.82, 2.24) is 20.4 Å². The molecule has 2 aliphatic heterocycles. The number of imide groups is 1. The number of carbonyl (C=O) groups excluding carboxylic acids is 3. The van der Waals surface area contributed by atoms with E-state index in [4.69, 9.17) is 5.26 Å². The fourth-order valence-electron chi connectivity index (χ4n) is 3.00. The molecular formula is C17H19N5O3. The molecule has 25 heavy (non-hydrogen) atoms. The smallest absolute Gasteiger partial charge is 0.322 e. The van der Waals surface area contributed by atoms with Gasteiger partial charge in [-0.15, -0.1) is 0 Å². The van der Waals surface area contributed by atoms with Crippen molar-refractivity contribution in [1.29, 1.82) is 5.26 Å². The third kappa shape index (κ3) is 4.14. The number of nitriles is 1. The topological polar surface area (TPSA) is 106 Å². The van der Waals surface area contributed by atoms with Gasteiger partial charge in [0.2, 0.25) is 5.91 Å². The maximum Gasteiger partial charge on any atom is 0.322 e. The molecule has 130 valence electrons. The van der Waals surface area contributed by atoms with Crippen molar-refractivity contribution in [2.45, 2.75) is 19.0 Å². The van der Waals surface area contributed by atoms with Gasteiger partial charge in [-0.05, 0) is 17.7 Å². The monoisotopic (exact) mass is 341 g/mol. The van der Waals surface area contributed by atoms with E-state index in [0.29, 0.717) is 18.7 Å². The maximum atomic E-state index is 12.3. The number of rotatable bonds is 4. The van der Waals surface area contributed by atoms with Crippen LogP contribution in [-0.4, -0.2) is 59.9 Å². The number of urea groups is 1. The lowest BCUT2D eigenvalue weighted by Gasteiger charge is -2.35. The molecule has 0 saturated carbocycles. The van der Waals surface area contributed by atoms with E-state index in [1.807, 2.05) is 12.1 Å². The Bertz CT molecular complexity index is 717. The number of hydrogen-bond acceptors (Lipinski definition) is 5. The molecule has 2 heterocycles. The molecule has 2 N–H and O–H groups in total. The number of nitrogens with zero attached hydrogens (tertiary/aromatic N) is 3. The maximum absolute atomic E-state index is 12.3. The van der Waals surface area contributed by atoms with Gasteiger partial charge in [-0.3, -0.25) is 19.8 Å². The van der Waals surface area contributed by atoms with Crippen LogP contribution in [0.3, 0.4) is 0 Å². The summed E-state index contributed by atoms with van der Waals surface area (Å²) >= 11 is 0. The van der Waals surface area contributed by atoms with Crippen molar-refractivity contribution in [2.24, 2.45) is 0 Å². The van der Waals surface area contributed by atoms with E-state index in [1.165, 1.54) is 0 Å². The summed E-state index contributed by atoms with van der Waals surface area (Å²) < 4.78 is 0. The molecule has 2 saturated heterocycles. The average molecular weight is 341 g/mol. The highest BCUT2D eigenvalue weighted by atomic mass is 16.2. The average Bonchev–Trinajstić information content (AvgIpc) is 2.93. The molecule has 4 amide bonds. The number of piperazine rings is 1. The molecule has 1 atom stereocenters. The molecule has 8 heteroatoms. The fraction of sp³-hybridized carbons (Fsp3) is 0.412. The quantitative estimate of drug-likeness (QED) is 0.738. The van der Waals surface area contributed by atoms with Crippen LogP contribution in [0.2, 0.25) is 0 Å². The number of carbonyl (C=O) groups is 3. The van der Waals surface area contributed by atoms with Crippen molar-refractivity contribution in [3.8, 4) is 6.07 Å². The molecule has 2 fully saturated rings. The summed E-state index contributed by atoms with van der Waals surface area (Å²) in [4.78, 5) is 38.9. The first-order valence-corrected chi connectivity index (χ1v) is 8.15. The third-order valence-corrected chi connectivity index (χ3v) is 4.45. The van der Waals surface area contributed by atoms with Crippen LogP contribution in [0.25, 0.3) is 0 Å². The molecule has 0 spiro atoms. The van der Waals surface area contributed by atoms with Crippen molar-refractivity contribution < 1.29 is 14.4 Å². The predicted molar refractivity (Wildman–Crippen MR) is 88.1 cm³/mol. The Kier molecular flexibility index (Phi) is 4.95. The van der Waals surface area contributed by atoms with Crippen molar-refractivity contribution in [3.05, 3.63) is 35.4 Å². The van der Waals surface area contributed by atoms with E-state index >= 15 is 0 Å². The highest BCUT2D eigenvalue weighted by Crippen LogP contribution is 2.11. The molecule has 0 aromatic heterocycles. The van der Waals surface area contributed by atoms with Crippen LogP contribution in [0.15, 0.2) is 24.3 Å². The van der Waals surface area contributed by atoms with Crippen LogP contribution in [0.1, 0.15) is 17.5 Å². The summed E-state index contributed by atoms with van der Waals surface area (Å²) in [7, 11) is 0. The zero-order valence-corrected chi connectivity index (χ0v) is 13.7. The van der Waals surface area contributed by atoms with Gasteiger partial charge in [0.15, 0.2) is 0 Å². The molecule has 0 unspecified atom stereocenters. The van der Waals surface area contributed by atoms with Gasteiger partial charge in [0.1, 0.15) is 6.04 Å². The minimum atomic E-state index is -0.767. The highest BCUT2D eigenvalue weighted by Gasteiger charge is 2.33. The van der Waals surface area contributed by atoms with E-state index in [9.17, 15) is 14.4 Å². The number of nitrogens with one attached hydrogen (secondary N) is 2. The summed E-state index contributed by atoms with van der Waals surface area (Å²) in [5.74, 6) is -0.571. The molecular weight excluding hydrogens is 322 g/mol. The lowest BCUT2D eigenvalue weighted by Crippen LogP contribution is -2.49. The summed E-state index contributed by atoms with van der Waals surface area (Å²) in [6.07, 6.45) is -0.00675. The Labute approximate surface area is 145 Å². The molecule has 0 radical (unpaired) electrons. The molecule has 8 nitrogen and oxygen atoms in total. The Morgan fingerprint density at radius 3 is 2.40 bits per heavy atom. The van der Waals surface area contributed by atoms with Gasteiger partial charge in [-0.2, -0.15) is 5.26 Å². The molecule has 0 aliphatic carbocycles. The Morgan fingerprint density at radius 1 is 1.16 bits per heavy atom. The second-order valence-electron chi connectivity index (χ2n) is 6.19. The first kappa shape index (κ1) is 16.9. The lowest BCUT2D eigenvalue weighted by atomic mass is 10.1. The Hall–Kier alpha value is -2.92. The third-order valence-electron chi connectivity index (χ3n) is 4.45. The van der Waals surface area contributed by atoms with Gasteiger partial charge in [0.05, 0.1) is 18.1 Å². The summed E-state index contributed by atoms with van der Waals surface area (Å²) in [6, 6.07) is 8.27. The van der Waals surface area contributed by atoms with E-state index in [0.717, 1.165) is 25.2 Å². The van der Waals surface area contributed by atoms with E-state index in [2.05, 4.69) is 21.6 Å². The summed E-state index contributed by atoms with van der Waals surface area (Å²) in [5, 5.41) is 13.4. The van der Waals surface area contributed by atoms with Gasteiger partial charge in [-0.1, -0.05) is 12.1 Å². The fourth-order valence-corrected chi connectivity index (χ4v) is 3.00. The van der Waals surface area contributed by atoms with Crippen LogP contribution in [-0.2, 0) is 16.1 Å². The van der Waals surface area contributed by atoms with Crippen molar-refractivity contribution >= 4 is 17.8 Å². The first-order chi connectivity index (χ1) is 12.0. The van der Waals surface area contributed by atoms with Crippen LogP contribution in [0.5, 0.6) is 0 Å². The molecule has 0 bridgehead atoms. The standard InChI is InChI=1S/C17H19N5O3/c18-10-12-1-3-13(4-2-12)11-21-5-7-22(8-6-21)15(23)9-14-16(24)20-17(25)19-14/h1-4,14H,5-9,11H2,(H2,19,20,24,25)/t14-/m0/s1. The number of hydrogen-bond donors (Lipinski definition) is 2. The normalized spacial score (nSPS) is 20.8. The summed E-state index contributed by atoms with van der Waals surface area (Å²) in [5.41, 5.74) is 1.77. The molecule has 1 aromatic carbocycles. The highest BCUT2D eigenvalue weighted by molar-refractivity contribution is 6.05. The zero-order valence-electron chi connectivity index (χ0n) is 13.7. The number of amides is 4. The predicted octanol–water partition coefficient (Wildman–Crippen LogP) is -0.199. The lowest BCUT2D eigenvalue weighted by molar-refractivity contribution is -0.135. The molecule has 3 rings (SSSR count). The van der Waals surface area contributed by atoms with Crippen LogP contribution in [0.4, 0.5) is 4.79 Å². The minimum absolute atomic E-state index is 0.00675. The van der Waals surface area contributed by atoms with Crippen molar-refractivity contribution in [3.63, 3.8) is 0 Å². The van der Waals surface area contributed by atoms with Gasteiger partial charge < -0.3 is 10.2 Å². The van der Waals surface area contributed by atoms with E-state index in [1.54, 1.807) is 17.0 Å². The van der Waals surface area contributed by atoms with E-state index < -0.39 is 18.0 Å². The Morgan fingerprint density at radius 2 is 1.84 bits per heavy atom. The molecule has 1 aromatic rings. The Balaban J connectivity index is 1.46. The van der Waals surface area contributed by atoms with Gasteiger partial charge in [0.25, 0.3) is 5.91 Å². The largest absolute Gasteiger partial charge is 0.340 e. The van der Waals surface area contributed by atoms with Crippen LogP contribution >= 0.6 is 0 Å². The molecule has 2 aliphatic rings. The van der Waals surface area contributed by atoms with Crippen LogP contribution in [0, 0.1) is 11.3 Å². The minimum Gasteiger partial charge on any atom is -0.340 e. The van der Waals surface area contributed by atoms with Gasteiger partial charge in [0, 0.05) is 32.7 Å². The summed E-state index contributed by atoms with van der Waals surface area (Å²) in [6.45, 7) is 3.45. The number of benzene rings is 1. The SMILES string of the molecule is N#Cc1ccc(CN2CCN(C(=O)C[C@@H]3NC(=O)NC3=O)CC2)cc1. The second-order valence-corrected chi connectivity index (χ2v) is 6.19. The first-order valence-electron chi connectivity index (χ1n) is 8.15. The second kappa shape index (κ2) is 7.32. The van der Waals surface area contributed by atoms with Crippen LogP contribution < -0.4 is 10.6 Å². The van der Waals surface area contributed by atoms with Gasteiger partial charge >= 0.3 is 6.03 Å².